The molecule has 120 valence electrons. The number of pyridine rings is 1. The number of amides is 1. The van der Waals surface area contributed by atoms with Crippen molar-refractivity contribution in [1.29, 1.82) is 0 Å². The first-order valence-corrected chi connectivity index (χ1v) is 7.68. The fraction of sp³-hybridized carbons (Fsp3) is 0.375. The maximum Gasteiger partial charge on any atom is 0.224 e. The number of anilines is 2. The lowest BCUT2D eigenvalue weighted by Crippen LogP contribution is -2.48. The van der Waals surface area contributed by atoms with E-state index in [0.717, 1.165) is 37.6 Å². The zero-order chi connectivity index (χ0) is 16.1. The van der Waals surface area contributed by atoms with Crippen LogP contribution < -0.4 is 10.2 Å². The minimum atomic E-state index is 0.132. The van der Waals surface area contributed by atoms with E-state index in [-0.39, 0.29) is 5.91 Å². The van der Waals surface area contributed by atoms with E-state index in [4.69, 9.17) is 0 Å². The first-order valence-electron chi connectivity index (χ1n) is 7.68. The number of nitrogens with zero attached hydrogens (tertiary/aromatic N) is 5. The first kappa shape index (κ1) is 15.2. The largest absolute Gasteiger partial charge is 0.353 e. The van der Waals surface area contributed by atoms with Crippen LogP contribution in [0.25, 0.3) is 0 Å². The number of carbonyl (C=O) groups is 1. The number of carbonyl (C=O) groups excluding carboxylic acids is 1. The third kappa shape index (κ3) is 3.94. The summed E-state index contributed by atoms with van der Waals surface area (Å²) in [6, 6.07) is 5.82. The quantitative estimate of drug-likeness (QED) is 0.913. The molecule has 0 spiro atoms. The van der Waals surface area contributed by atoms with Gasteiger partial charge in [-0.05, 0) is 23.8 Å². The molecule has 1 aliphatic rings. The molecule has 7 heteroatoms. The summed E-state index contributed by atoms with van der Waals surface area (Å²) in [4.78, 5) is 28.3. The number of hydrogen-bond acceptors (Lipinski definition) is 6. The van der Waals surface area contributed by atoms with Gasteiger partial charge in [0.1, 0.15) is 5.82 Å². The van der Waals surface area contributed by atoms with Gasteiger partial charge < -0.3 is 15.1 Å². The van der Waals surface area contributed by atoms with Gasteiger partial charge in [-0.1, -0.05) is 0 Å². The Morgan fingerprint density at radius 1 is 1.13 bits per heavy atom. The smallest absolute Gasteiger partial charge is 0.224 e. The molecule has 2 aromatic rings. The number of rotatable bonds is 4. The number of hydrogen-bond donors (Lipinski definition) is 1. The zero-order valence-electron chi connectivity index (χ0n) is 13.1. The lowest BCUT2D eigenvalue weighted by molar-refractivity contribution is -0.129. The molecule has 0 aromatic carbocycles. The van der Waals surface area contributed by atoms with Crippen LogP contribution in [0, 0.1) is 0 Å². The van der Waals surface area contributed by atoms with Crippen LogP contribution in [0.2, 0.25) is 0 Å². The second kappa shape index (κ2) is 7.04. The SMILES string of the molecule is CC(=O)N1CCN(c2ccnc(NCc3ccncc3)n2)CC1. The molecule has 1 aliphatic heterocycles. The molecule has 0 saturated carbocycles. The number of nitrogens with one attached hydrogen (secondary N) is 1. The Bertz CT molecular complexity index is 655. The number of aromatic nitrogens is 3. The van der Waals surface area contributed by atoms with Crippen LogP contribution in [0.3, 0.4) is 0 Å². The van der Waals surface area contributed by atoms with E-state index < -0.39 is 0 Å². The van der Waals surface area contributed by atoms with E-state index in [1.165, 1.54) is 0 Å². The Labute approximate surface area is 135 Å². The first-order chi connectivity index (χ1) is 11.2. The Morgan fingerprint density at radius 3 is 2.57 bits per heavy atom. The minimum Gasteiger partial charge on any atom is -0.353 e. The van der Waals surface area contributed by atoms with Crippen molar-refractivity contribution >= 4 is 17.7 Å². The molecule has 0 atom stereocenters. The molecular weight excluding hydrogens is 292 g/mol. The molecule has 1 fully saturated rings. The van der Waals surface area contributed by atoms with Crippen molar-refractivity contribution in [1.82, 2.24) is 19.9 Å². The molecule has 0 unspecified atom stereocenters. The number of piperazine rings is 1. The van der Waals surface area contributed by atoms with Gasteiger partial charge in [0.15, 0.2) is 0 Å². The van der Waals surface area contributed by atoms with Gasteiger partial charge in [-0.25, -0.2) is 4.98 Å². The highest BCUT2D eigenvalue weighted by Crippen LogP contribution is 2.15. The third-order valence-electron chi connectivity index (χ3n) is 3.89. The molecule has 2 aromatic heterocycles. The van der Waals surface area contributed by atoms with Crippen LogP contribution >= 0.6 is 0 Å². The Hall–Kier alpha value is -2.70. The van der Waals surface area contributed by atoms with E-state index >= 15 is 0 Å². The second-order valence-corrected chi connectivity index (χ2v) is 5.44. The highest BCUT2D eigenvalue weighted by Gasteiger charge is 2.19. The molecular formula is C16H20N6O. The lowest BCUT2D eigenvalue weighted by Gasteiger charge is -2.34. The summed E-state index contributed by atoms with van der Waals surface area (Å²) >= 11 is 0. The Balaban J connectivity index is 1.60. The molecule has 7 nitrogen and oxygen atoms in total. The van der Waals surface area contributed by atoms with Crippen molar-refractivity contribution in [3.8, 4) is 0 Å². The summed E-state index contributed by atoms with van der Waals surface area (Å²) in [5.41, 5.74) is 1.13. The van der Waals surface area contributed by atoms with E-state index in [1.807, 2.05) is 23.1 Å². The van der Waals surface area contributed by atoms with Crippen LogP contribution in [-0.2, 0) is 11.3 Å². The van der Waals surface area contributed by atoms with Crippen LogP contribution in [0.4, 0.5) is 11.8 Å². The minimum absolute atomic E-state index is 0.132. The third-order valence-corrected chi connectivity index (χ3v) is 3.89. The summed E-state index contributed by atoms with van der Waals surface area (Å²) < 4.78 is 0. The van der Waals surface area contributed by atoms with Crippen molar-refractivity contribution in [3.63, 3.8) is 0 Å². The summed E-state index contributed by atoms with van der Waals surface area (Å²) in [6.45, 7) is 5.32. The predicted octanol–water partition coefficient (Wildman–Crippen LogP) is 1.15. The summed E-state index contributed by atoms with van der Waals surface area (Å²) in [5, 5.41) is 3.23. The van der Waals surface area contributed by atoms with Gasteiger partial charge in [0.25, 0.3) is 0 Å². The molecule has 0 aliphatic carbocycles. The molecule has 1 amide bonds. The molecule has 3 heterocycles. The zero-order valence-corrected chi connectivity index (χ0v) is 13.1. The predicted molar refractivity (Wildman–Crippen MR) is 88.1 cm³/mol. The van der Waals surface area contributed by atoms with Gasteiger partial charge in [-0.3, -0.25) is 9.78 Å². The Kier molecular flexibility index (Phi) is 4.65. The highest BCUT2D eigenvalue weighted by molar-refractivity contribution is 5.73. The molecule has 3 rings (SSSR count). The maximum absolute atomic E-state index is 11.4. The highest BCUT2D eigenvalue weighted by atomic mass is 16.2. The van der Waals surface area contributed by atoms with E-state index in [1.54, 1.807) is 25.5 Å². The van der Waals surface area contributed by atoms with Crippen LogP contribution in [-0.4, -0.2) is 51.9 Å². The molecule has 1 saturated heterocycles. The monoisotopic (exact) mass is 312 g/mol. The average Bonchev–Trinajstić information content (AvgIpc) is 2.61. The van der Waals surface area contributed by atoms with Crippen molar-refractivity contribution in [3.05, 3.63) is 42.4 Å². The van der Waals surface area contributed by atoms with E-state index in [2.05, 4.69) is 25.2 Å². The molecule has 23 heavy (non-hydrogen) atoms. The molecule has 0 bridgehead atoms. The van der Waals surface area contributed by atoms with E-state index in [0.29, 0.717) is 12.5 Å². The van der Waals surface area contributed by atoms with Gasteiger partial charge >= 0.3 is 0 Å². The summed E-state index contributed by atoms with van der Waals surface area (Å²) in [5.74, 6) is 1.63. The second-order valence-electron chi connectivity index (χ2n) is 5.44. The fourth-order valence-corrected chi connectivity index (χ4v) is 2.54. The van der Waals surface area contributed by atoms with Crippen LogP contribution in [0.5, 0.6) is 0 Å². The van der Waals surface area contributed by atoms with Gasteiger partial charge in [-0.15, -0.1) is 0 Å². The van der Waals surface area contributed by atoms with Crippen LogP contribution in [0.15, 0.2) is 36.8 Å². The van der Waals surface area contributed by atoms with Crippen molar-refractivity contribution in [2.24, 2.45) is 0 Å². The van der Waals surface area contributed by atoms with E-state index in [9.17, 15) is 4.79 Å². The van der Waals surface area contributed by atoms with Gasteiger partial charge in [0, 0.05) is 58.2 Å². The van der Waals surface area contributed by atoms with Crippen molar-refractivity contribution in [2.75, 3.05) is 36.4 Å². The van der Waals surface area contributed by atoms with Crippen molar-refractivity contribution < 1.29 is 4.79 Å². The fourth-order valence-electron chi connectivity index (χ4n) is 2.54. The topological polar surface area (TPSA) is 74.2 Å². The van der Waals surface area contributed by atoms with Gasteiger partial charge in [0.05, 0.1) is 0 Å². The standard InChI is InChI=1S/C16H20N6O/c1-13(23)21-8-10-22(11-9-21)15-4-7-18-16(20-15)19-12-14-2-5-17-6-3-14/h2-7H,8-12H2,1H3,(H,18,19,20). The van der Waals surface area contributed by atoms with Gasteiger partial charge in [0.2, 0.25) is 11.9 Å². The van der Waals surface area contributed by atoms with Crippen molar-refractivity contribution in [2.45, 2.75) is 13.5 Å². The molecule has 0 radical (unpaired) electrons. The summed E-state index contributed by atoms with van der Waals surface area (Å²) in [6.07, 6.45) is 5.29. The lowest BCUT2D eigenvalue weighted by atomic mass is 10.3. The van der Waals surface area contributed by atoms with Crippen LogP contribution in [0.1, 0.15) is 12.5 Å². The Morgan fingerprint density at radius 2 is 1.87 bits per heavy atom. The molecule has 1 N–H and O–H groups in total. The average molecular weight is 312 g/mol. The summed E-state index contributed by atoms with van der Waals surface area (Å²) in [7, 11) is 0. The maximum atomic E-state index is 11.4. The van der Waals surface area contributed by atoms with Gasteiger partial charge in [-0.2, -0.15) is 4.98 Å². The normalized spacial score (nSPS) is 14.7.